The van der Waals surface area contributed by atoms with Crippen molar-refractivity contribution in [1.29, 1.82) is 0 Å². The zero-order valence-electron chi connectivity index (χ0n) is 7.42. The van der Waals surface area contributed by atoms with Crippen molar-refractivity contribution in [3.8, 4) is 0 Å². The Balaban J connectivity index is 2.17. The lowest BCUT2D eigenvalue weighted by atomic mass is 9.95. The summed E-state index contributed by atoms with van der Waals surface area (Å²) in [5, 5.41) is 3.21. The van der Waals surface area contributed by atoms with Crippen LogP contribution in [0, 0.1) is 0 Å². The van der Waals surface area contributed by atoms with Gasteiger partial charge >= 0.3 is 0 Å². The summed E-state index contributed by atoms with van der Waals surface area (Å²) in [5.41, 5.74) is -1.12. The molecular weight excluding hydrogens is 187 g/mol. The molecule has 0 aromatic carbocycles. The van der Waals surface area contributed by atoms with E-state index >= 15 is 0 Å². The van der Waals surface area contributed by atoms with Crippen molar-refractivity contribution < 1.29 is 4.39 Å². The lowest BCUT2D eigenvalue weighted by Gasteiger charge is -2.20. The molecule has 72 valence electrons. The van der Waals surface area contributed by atoms with E-state index in [1.165, 1.54) is 11.5 Å². The first-order valence-corrected chi connectivity index (χ1v) is 5.39. The van der Waals surface area contributed by atoms with Gasteiger partial charge in [-0.05, 0) is 50.0 Å². The van der Waals surface area contributed by atoms with Gasteiger partial charge < -0.3 is 5.32 Å². The molecule has 0 saturated carbocycles. The molecule has 1 aliphatic rings. The minimum Gasteiger partial charge on any atom is -0.317 e. The molecule has 1 fully saturated rings. The highest BCUT2D eigenvalue weighted by Gasteiger charge is 2.33. The van der Waals surface area contributed by atoms with Gasteiger partial charge in [-0.1, -0.05) is 0 Å². The van der Waals surface area contributed by atoms with Crippen LogP contribution in [0.5, 0.6) is 0 Å². The highest BCUT2D eigenvalue weighted by atomic mass is 32.1. The van der Waals surface area contributed by atoms with Gasteiger partial charge in [0.2, 0.25) is 0 Å². The van der Waals surface area contributed by atoms with E-state index in [1.54, 1.807) is 12.3 Å². The quantitative estimate of drug-likeness (QED) is 0.750. The van der Waals surface area contributed by atoms with Gasteiger partial charge in [0.25, 0.3) is 0 Å². The minimum absolute atomic E-state index is 0.579. The number of hydrogen-bond acceptors (Lipinski definition) is 3. The zero-order chi connectivity index (χ0) is 9.15. The van der Waals surface area contributed by atoms with Crippen molar-refractivity contribution in [2.45, 2.75) is 24.9 Å². The van der Waals surface area contributed by atoms with Crippen LogP contribution >= 0.6 is 11.5 Å². The molecule has 13 heavy (non-hydrogen) atoms. The molecule has 4 heteroatoms. The number of aromatic nitrogens is 1. The van der Waals surface area contributed by atoms with Crippen molar-refractivity contribution in [1.82, 2.24) is 9.69 Å². The molecule has 2 nitrogen and oxygen atoms in total. The van der Waals surface area contributed by atoms with Crippen molar-refractivity contribution in [2.75, 3.05) is 13.1 Å². The highest BCUT2D eigenvalue weighted by Crippen LogP contribution is 2.37. The Hall–Kier alpha value is -0.480. The molecule has 2 rings (SSSR count). The summed E-state index contributed by atoms with van der Waals surface area (Å²) in [4.78, 5) is 0.788. The second-order valence-electron chi connectivity index (χ2n) is 3.45. The van der Waals surface area contributed by atoms with Gasteiger partial charge in [-0.3, -0.25) is 0 Å². The molecule has 1 aromatic rings. The predicted molar refractivity (Wildman–Crippen MR) is 51.6 cm³/mol. The molecule has 1 unspecified atom stereocenters. The van der Waals surface area contributed by atoms with E-state index in [4.69, 9.17) is 0 Å². The Bertz CT molecular complexity index is 253. The van der Waals surface area contributed by atoms with E-state index in [0.717, 1.165) is 24.4 Å². The van der Waals surface area contributed by atoms with Crippen molar-refractivity contribution in [3.63, 3.8) is 0 Å². The molecule has 2 heterocycles. The number of alkyl halides is 1. The standard InChI is InChI=1S/C9H13FN2S/c10-9(8-2-6-12-13-8)3-1-5-11-7-4-9/h2,6,11H,1,3-5,7H2. The van der Waals surface area contributed by atoms with Crippen molar-refractivity contribution in [2.24, 2.45) is 0 Å². The summed E-state index contributed by atoms with van der Waals surface area (Å²) in [6.45, 7) is 1.71. The number of nitrogens with one attached hydrogen (secondary N) is 1. The fourth-order valence-corrected chi connectivity index (χ4v) is 2.45. The van der Waals surface area contributed by atoms with Gasteiger partial charge in [0.1, 0.15) is 5.67 Å². The minimum atomic E-state index is -1.12. The van der Waals surface area contributed by atoms with Crippen LogP contribution in [-0.4, -0.2) is 17.5 Å². The Morgan fingerprint density at radius 1 is 1.46 bits per heavy atom. The molecule has 1 aliphatic heterocycles. The third-order valence-corrected chi connectivity index (χ3v) is 3.43. The Morgan fingerprint density at radius 2 is 2.38 bits per heavy atom. The van der Waals surface area contributed by atoms with Gasteiger partial charge in [0, 0.05) is 6.20 Å². The molecule has 1 N–H and O–H groups in total. The van der Waals surface area contributed by atoms with Crippen LogP contribution in [0.1, 0.15) is 24.1 Å². The number of halogens is 1. The Labute approximate surface area is 81.3 Å². The average molecular weight is 200 g/mol. The maximum atomic E-state index is 14.3. The van der Waals surface area contributed by atoms with Crippen LogP contribution < -0.4 is 5.32 Å². The number of hydrogen-bond donors (Lipinski definition) is 1. The molecule has 1 atom stereocenters. The summed E-state index contributed by atoms with van der Waals surface area (Å²) in [5.74, 6) is 0. The van der Waals surface area contributed by atoms with Gasteiger partial charge in [0.15, 0.2) is 0 Å². The summed E-state index contributed by atoms with van der Waals surface area (Å²) < 4.78 is 18.3. The summed E-state index contributed by atoms with van der Waals surface area (Å²) in [7, 11) is 0. The van der Waals surface area contributed by atoms with Crippen molar-refractivity contribution >= 4 is 11.5 Å². The topological polar surface area (TPSA) is 24.9 Å². The zero-order valence-corrected chi connectivity index (χ0v) is 8.24. The first-order valence-electron chi connectivity index (χ1n) is 4.62. The van der Waals surface area contributed by atoms with E-state index in [1.807, 2.05) is 0 Å². The van der Waals surface area contributed by atoms with E-state index < -0.39 is 5.67 Å². The van der Waals surface area contributed by atoms with Crippen LogP contribution in [0.25, 0.3) is 0 Å². The summed E-state index contributed by atoms with van der Waals surface area (Å²) >= 11 is 1.28. The third kappa shape index (κ3) is 1.89. The Morgan fingerprint density at radius 3 is 3.15 bits per heavy atom. The first-order chi connectivity index (χ1) is 6.31. The summed E-state index contributed by atoms with van der Waals surface area (Å²) in [6.07, 6.45) is 3.80. The molecular formula is C9H13FN2S. The lowest BCUT2D eigenvalue weighted by Crippen LogP contribution is -2.21. The maximum Gasteiger partial charge on any atom is 0.147 e. The maximum absolute atomic E-state index is 14.3. The molecule has 1 aromatic heterocycles. The van der Waals surface area contributed by atoms with Crippen LogP contribution in [0.4, 0.5) is 4.39 Å². The number of rotatable bonds is 1. The van der Waals surface area contributed by atoms with Crippen LogP contribution in [-0.2, 0) is 5.67 Å². The molecule has 1 saturated heterocycles. The molecule has 0 bridgehead atoms. The average Bonchev–Trinajstić information content (AvgIpc) is 2.57. The van der Waals surface area contributed by atoms with Gasteiger partial charge in [-0.25, -0.2) is 8.76 Å². The molecule has 0 aliphatic carbocycles. The third-order valence-electron chi connectivity index (χ3n) is 2.50. The van der Waals surface area contributed by atoms with Crippen molar-refractivity contribution in [3.05, 3.63) is 17.1 Å². The van der Waals surface area contributed by atoms with E-state index in [2.05, 4.69) is 9.69 Å². The van der Waals surface area contributed by atoms with Gasteiger partial charge in [-0.15, -0.1) is 0 Å². The second-order valence-corrected chi connectivity index (χ2v) is 4.28. The SMILES string of the molecule is FC1(c2ccns2)CCCNCC1. The molecule has 0 amide bonds. The van der Waals surface area contributed by atoms with Crippen LogP contribution in [0.2, 0.25) is 0 Å². The van der Waals surface area contributed by atoms with Crippen LogP contribution in [0.3, 0.4) is 0 Å². The second kappa shape index (κ2) is 3.72. The number of nitrogens with zero attached hydrogens (tertiary/aromatic N) is 1. The summed E-state index contributed by atoms with van der Waals surface area (Å²) in [6, 6.07) is 1.80. The van der Waals surface area contributed by atoms with E-state index in [9.17, 15) is 4.39 Å². The Kier molecular flexibility index (Phi) is 2.60. The first kappa shape index (κ1) is 9.09. The monoisotopic (exact) mass is 200 g/mol. The fourth-order valence-electron chi connectivity index (χ4n) is 1.72. The molecule has 0 spiro atoms. The van der Waals surface area contributed by atoms with E-state index in [-0.39, 0.29) is 0 Å². The molecule has 0 radical (unpaired) electrons. The van der Waals surface area contributed by atoms with Crippen LogP contribution in [0.15, 0.2) is 12.3 Å². The largest absolute Gasteiger partial charge is 0.317 e. The van der Waals surface area contributed by atoms with Gasteiger partial charge in [-0.2, -0.15) is 0 Å². The highest BCUT2D eigenvalue weighted by molar-refractivity contribution is 7.05. The lowest BCUT2D eigenvalue weighted by molar-refractivity contribution is 0.150. The van der Waals surface area contributed by atoms with Gasteiger partial charge in [0.05, 0.1) is 4.88 Å². The normalized spacial score (nSPS) is 29.9. The fraction of sp³-hybridized carbons (Fsp3) is 0.667. The smallest absolute Gasteiger partial charge is 0.147 e. The predicted octanol–water partition coefficient (Wildman–Crippen LogP) is 2.08. The van der Waals surface area contributed by atoms with E-state index in [0.29, 0.717) is 12.8 Å².